The smallest absolute Gasteiger partial charge is 0.121 e. The second-order valence-electron chi connectivity index (χ2n) is 16.5. The van der Waals surface area contributed by atoms with Crippen molar-refractivity contribution in [2.75, 3.05) is 0 Å². The first kappa shape index (κ1) is 35.9. The number of benzene rings is 4. The van der Waals surface area contributed by atoms with Crippen molar-refractivity contribution < 1.29 is 20.4 Å². The van der Waals surface area contributed by atoms with Crippen molar-refractivity contribution in [3.05, 3.63) is 115 Å². The Labute approximate surface area is 300 Å². The molecule has 0 atom stereocenters. The molecule has 0 saturated heterocycles. The highest BCUT2D eigenvalue weighted by Crippen LogP contribution is 2.54. The molecule has 0 heterocycles. The van der Waals surface area contributed by atoms with Gasteiger partial charge in [0.1, 0.15) is 23.0 Å². The third-order valence-corrected chi connectivity index (χ3v) is 13.4. The second kappa shape index (κ2) is 13.3. The van der Waals surface area contributed by atoms with Gasteiger partial charge in [-0.25, -0.2) is 0 Å². The predicted octanol–water partition coefficient (Wildman–Crippen LogP) is 11.3. The van der Waals surface area contributed by atoms with Crippen LogP contribution in [0, 0.1) is 73.1 Å². The molecule has 266 valence electrons. The Kier molecular flexibility index (Phi) is 9.56. The molecule has 4 nitrogen and oxygen atoms in total. The summed E-state index contributed by atoms with van der Waals surface area (Å²) in [4.78, 5) is 0. The number of hydrogen-bond donors (Lipinski definition) is 4. The van der Waals surface area contributed by atoms with Crippen LogP contribution in [-0.4, -0.2) is 20.4 Å². The van der Waals surface area contributed by atoms with Crippen LogP contribution in [0.5, 0.6) is 23.0 Å². The number of aryl methyl sites for hydroxylation is 8. The van der Waals surface area contributed by atoms with Gasteiger partial charge in [-0.3, -0.25) is 0 Å². The van der Waals surface area contributed by atoms with Crippen molar-refractivity contribution in [3.63, 3.8) is 0 Å². The van der Waals surface area contributed by atoms with Crippen LogP contribution in [0.4, 0.5) is 0 Å². The molecule has 2 saturated carbocycles. The minimum atomic E-state index is -0.159. The normalized spacial score (nSPS) is 18.1. The van der Waals surface area contributed by atoms with Crippen molar-refractivity contribution >= 4 is 0 Å². The van der Waals surface area contributed by atoms with Gasteiger partial charge in [-0.1, -0.05) is 55.5 Å². The summed E-state index contributed by atoms with van der Waals surface area (Å²) in [7, 11) is 0. The molecule has 0 unspecified atom stereocenters. The maximum Gasteiger partial charge on any atom is 0.121 e. The van der Waals surface area contributed by atoms with E-state index < -0.39 is 0 Å². The van der Waals surface area contributed by atoms with Crippen LogP contribution in [-0.2, 0) is 10.8 Å². The zero-order chi connectivity index (χ0) is 36.3. The molecular formula is C46H58O4. The van der Waals surface area contributed by atoms with Crippen LogP contribution in [0.25, 0.3) is 0 Å². The Balaban J connectivity index is 1.28. The maximum atomic E-state index is 10.7. The minimum absolute atomic E-state index is 0.159. The summed E-state index contributed by atoms with van der Waals surface area (Å²) in [5.41, 5.74) is 12.2. The summed E-state index contributed by atoms with van der Waals surface area (Å²) in [5.74, 6) is 3.40. The Hall–Kier alpha value is -3.92. The average molecular weight is 675 g/mol. The van der Waals surface area contributed by atoms with Gasteiger partial charge in [-0.2, -0.15) is 0 Å². The standard InChI is InChI=1S/C46H58O4/c1-26-18-37(19-27(2)41(26)47)45(38-20-28(3)42(48)29(4)21-38)14-10-35(11-15-45)34(9)36-12-16-46(17-13-36,39-22-30(5)43(49)31(6)23-39)40-24-32(7)44(50)33(8)25-40/h18-25,34-36,47-50H,10-17H2,1-9H3. The maximum absolute atomic E-state index is 10.7. The van der Waals surface area contributed by atoms with E-state index in [0.29, 0.717) is 40.8 Å². The molecule has 2 aliphatic carbocycles. The highest BCUT2D eigenvalue weighted by Gasteiger charge is 2.45. The van der Waals surface area contributed by atoms with Gasteiger partial charge >= 0.3 is 0 Å². The SMILES string of the molecule is Cc1cc(C2(c3cc(C)c(O)c(C)c3)CCC(C(C)C3CCC(c4cc(C)c(O)c(C)c4)(c4cc(C)c(O)c(C)c4)CC3)CC2)cc(C)c1O. The van der Waals surface area contributed by atoms with E-state index in [1.54, 1.807) is 0 Å². The third-order valence-electron chi connectivity index (χ3n) is 13.4. The number of phenols is 4. The van der Waals surface area contributed by atoms with Crippen LogP contribution in [0.1, 0.15) is 125 Å². The lowest BCUT2D eigenvalue weighted by atomic mass is 9.57. The van der Waals surface area contributed by atoms with Crippen molar-refractivity contribution in [1.82, 2.24) is 0 Å². The lowest BCUT2D eigenvalue weighted by Gasteiger charge is -2.47. The first-order chi connectivity index (χ1) is 23.6. The summed E-state index contributed by atoms with van der Waals surface area (Å²) in [6.45, 7) is 18.5. The molecular weight excluding hydrogens is 617 g/mol. The van der Waals surface area contributed by atoms with E-state index in [-0.39, 0.29) is 10.8 Å². The lowest BCUT2D eigenvalue weighted by Crippen LogP contribution is -2.39. The second-order valence-corrected chi connectivity index (χ2v) is 16.5. The largest absolute Gasteiger partial charge is 0.507 e. The van der Waals surface area contributed by atoms with Crippen LogP contribution in [0.2, 0.25) is 0 Å². The summed E-state index contributed by atoms with van der Waals surface area (Å²) in [6.07, 6.45) is 8.77. The summed E-state index contributed by atoms with van der Waals surface area (Å²) < 4.78 is 0. The van der Waals surface area contributed by atoms with E-state index in [2.05, 4.69) is 55.5 Å². The molecule has 50 heavy (non-hydrogen) atoms. The van der Waals surface area contributed by atoms with E-state index in [9.17, 15) is 20.4 Å². The topological polar surface area (TPSA) is 80.9 Å². The monoisotopic (exact) mass is 674 g/mol. The van der Waals surface area contributed by atoms with Crippen LogP contribution in [0.15, 0.2) is 48.5 Å². The van der Waals surface area contributed by atoms with Crippen molar-refractivity contribution in [2.24, 2.45) is 17.8 Å². The van der Waals surface area contributed by atoms with Gasteiger partial charge < -0.3 is 20.4 Å². The number of phenolic OH excluding ortho intramolecular Hbond substituents is 4. The van der Waals surface area contributed by atoms with E-state index in [1.807, 2.05) is 55.4 Å². The van der Waals surface area contributed by atoms with Crippen LogP contribution < -0.4 is 0 Å². The summed E-state index contributed by atoms with van der Waals surface area (Å²) in [5, 5.41) is 42.7. The first-order valence-corrected chi connectivity index (χ1v) is 18.8. The Morgan fingerprint density at radius 3 is 0.760 bits per heavy atom. The number of rotatable bonds is 6. The molecule has 0 bridgehead atoms. The molecule has 0 aromatic heterocycles. The molecule has 0 spiro atoms. The molecule has 4 aromatic carbocycles. The van der Waals surface area contributed by atoms with Crippen molar-refractivity contribution in [2.45, 2.75) is 125 Å². The van der Waals surface area contributed by atoms with Gasteiger partial charge in [0, 0.05) is 10.8 Å². The van der Waals surface area contributed by atoms with E-state index >= 15 is 0 Å². The molecule has 0 amide bonds. The van der Waals surface area contributed by atoms with Gasteiger partial charge in [-0.15, -0.1) is 0 Å². The van der Waals surface area contributed by atoms with E-state index in [0.717, 1.165) is 95.9 Å². The molecule has 4 heteroatoms. The molecule has 2 aliphatic rings. The first-order valence-electron chi connectivity index (χ1n) is 18.8. The highest BCUT2D eigenvalue weighted by molar-refractivity contribution is 5.54. The fraction of sp³-hybridized carbons (Fsp3) is 0.478. The summed E-state index contributed by atoms with van der Waals surface area (Å²) >= 11 is 0. The van der Waals surface area contributed by atoms with Crippen LogP contribution >= 0.6 is 0 Å². The predicted molar refractivity (Wildman–Crippen MR) is 205 cm³/mol. The molecule has 0 radical (unpaired) electrons. The van der Waals surface area contributed by atoms with E-state index in [4.69, 9.17) is 0 Å². The minimum Gasteiger partial charge on any atom is -0.507 e. The van der Waals surface area contributed by atoms with Crippen molar-refractivity contribution in [1.29, 1.82) is 0 Å². The molecule has 0 aliphatic heterocycles. The van der Waals surface area contributed by atoms with Gasteiger partial charge in [0.25, 0.3) is 0 Å². The molecule has 2 fully saturated rings. The summed E-state index contributed by atoms with van der Waals surface area (Å²) in [6, 6.07) is 17.6. The van der Waals surface area contributed by atoms with Gasteiger partial charge in [0.15, 0.2) is 0 Å². The van der Waals surface area contributed by atoms with Gasteiger partial charge in [0.05, 0.1) is 0 Å². The zero-order valence-corrected chi connectivity index (χ0v) is 31.8. The molecule has 4 N–H and O–H groups in total. The fourth-order valence-corrected chi connectivity index (χ4v) is 10.1. The third kappa shape index (κ3) is 6.07. The van der Waals surface area contributed by atoms with E-state index in [1.165, 1.54) is 22.3 Å². The zero-order valence-electron chi connectivity index (χ0n) is 31.8. The number of hydrogen-bond acceptors (Lipinski definition) is 4. The Morgan fingerprint density at radius 2 is 0.580 bits per heavy atom. The van der Waals surface area contributed by atoms with Gasteiger partial charge in [0.2, 0.25) is 0 Å². The highest BCUT2D eigenvalue weighted by atomic mass is 16.3. The average Bonchev–Trinajstić information content (AvgIpc) is 3.09. The quantitative estimate of drug-likeness (QED) is 0.164. The molecule has 4 aromatic rings. The van der Waals surface area contributed by atoms with Gasteiger partial charge in [-0.05, 0) is 191 Å². The van der Waals surface area contributed by atoms with Crippen molar-refractivity contribution in [3.8, 4) is 23.0 Å². The lowest BCUT2D eigenvalue weighted by molar-refractivity contribution is 0.120. The Morgan fingerprint density at radius 1 is 0.400 bits per heavy atom. The fourth-order valence-electron chi connectivity index (χ4n) is 10.1. The van der Waals surface area contributed by atoms with Crippen LogP contribution in [0.3, 0.4) is 0 Å². The molecule has 6 rings (SSSR count). The number of aromatic hydroxyl groups is 4. The Bertz CT molecular complexity index is 1570.